The predicted octanol–water partition coefficient (Wildman–Crippen LogP) is 1.10. The molecule has 0 aromatic heterocycles. The molecule has 0 saturated heterocycles. The number of methoxy groups -OCH3 is 1. The van der Waals surface area contributed by atoms with E-state index >= 15 is 0 Å². The topological polar surface area (TPSA) is 163 Å². The van der Waals surface area contributed by atoms with Crippen molar-refractivity contribution in [3.63, 3.8) is 0 Å². The molecule has 1 aromatic rings. The van der Waals surface area contributed by atoms with Crippen LogP contribution < -0.4 is 10.1 Å². The van der Waals surface area contributed by atoms with Crippen molar-refractivity contribution >= 4 is 12.0 Å². The minimum Gasteiger partial charge on any atom is -0.504 e. The lowest BCUT2D eigenvalue weighted by molar-refractivity contribution is -0.790. The minimum absolute atomic E-state index is 0.0216. The summed E-state index contributed by atoms with van der Waals surface area (Å²) in [4.78, 5) is 40.6. The van der Waals surface area contributed by atoms with Gasteiger partial charge in [-0.25, -0.2) is 0 Å². The van der Waals surface area contributed by atoms with Crippen LogP contribution in [0.3, 0.4) is 0 Å². The fourth-order valence-electron chi connectivity index (χ4n) is 2.00. The van der Waals surface area contributed by atoms with Crippen molar-refractivity contribution in [1.29, 1.82) is 0 Å². The summed E-state index contributed by atoms with van der Waals surface area (Å²) in [5.74, 6) is -0.159. The van der Waals surface area contributed by atoms with Gasteiger partial charge < -0.3 is 24.8 Å². The largest absolute Gasteiger partial charge is 0.504 e. The van der Waals surface area contributed by atoms with E-state index in [1.807, 2.05) is 0 Å². The molecule has 0 bridgehead atoms. The van der Waals surface area contributed by atoms with E-state index < -0.39 is 28.8 Å². The molecule has 27 heavy (non-hydrogen) atoms. The molecule has 2 N–H and O–H groups in total. The Morgan fingerprint density at radius 3 is 2.70 bits per heavy atom. The Balaban J connectivity index is 2.40. The molecule has 0 aliphatic rings. The quantitative estimate of drug-likeness (QED) is 0.232. The van der Waals surface area contributed by atoms with Gasteiger partial charge in [0.1, 0.15) is 12.7 Å². The van der Waals surface area contributed by atoms with Gasteiger partial charge in [0, 0.05) is 12.6 Å². The number of nitrogens with zero attached hydrogens (tertiary/aromatic N) is 2. The SMILES string of the molecule is COc1cc(C=CC(=O)NCCCC(CO[N+](=O)[O-])O[N+](=O)[O-])ccc1O. The Labute approximate surface area is 153 Å². The van der Waals surface area contributed by atoms with Gasteiger partial charge in [-0.15, -0.1) is 20.2 Å². The van der Waals surface area contributed by atoms with Crippen molar-refractivity contribution in [2.24, 2.45) is 0 Å². The fourth-order valence-corrected chi connectivity index (χ4v) is 2.00. The lowest BCUT2D eigenvalue weighted by Crippen LogP contribution is -2.27. The molecule has 0 aliphatic carbocycles. The van der Waals surface area contributed by atoms with Gasteiger partial charge in [-0.1, -0.05) is 6.07 Å². The standard InChI is InChI=1S/C15H19N3O9/c1-25-14-9-11(4-6-13(14)19)5-7-15(20)16-8-2-3-12(27-18(23)24)10-26-17(21)22/h4-7,9,12,19H,2-3,8,10H2,1H3,(H,16,20). The Hall–Kier alpha value is -3.57. The predicted molar refractivity (Wildman–Crippen MR) is 90.8 cm³/mol. The van der Waals surface area contributed by atoms with E-state index in [0.29, 0.717) is 5.56 Å². The van der Waals surface area contributed by atoms with Gasteiger partial charge in [-0.3, -0.25) is 4.79 Å². The second-order valence-corrected chi connectivity index (χ2v) is 5.17. The van der Waals surface area contributed by atoms with Gasteiger partial charge in [-0.05, 0) is 36.6 Å². The average Bonchev–Trinajstić information content (AvgIpc) is 2.61. The average molecular weight is 385 g/mol. The number of aromatic hydroxyl groups is 1. The Bertz CT molecular complexity index is 693. The molecule has 0 heterocycles. The monoisotopic (exact) mass is 385 g/mol. The summed E-state index contributed by atoms with van der Waals surface area (Å²) in [5.41, 5.74) is 0.635. The normalized spacial score (nSPS) is 11.6. The first kappa shape index (κ1) is 21.5. The van der Waals surface area contributed by atoms with Crippen LogP contribution >= 0.6 is 0 Å². The number of nitrogens with one attached hydrogen (secondary N) is 1. The van der Waals surface area contributed by atoms with Crippen LogP contribution in [-0.4, -0.2) is 47.6 Å². The summed E-state index contributed by atoms with van der Waals surface area (Å²) in [6.07, 6.45) is 2.04. The number of ether oxygens (including phenoxy) is 1. The van der Waals surface area contributed by atoms with Crippen LogP contribution in [0.4, 0.5) is 0 Å². The summed E-state index contributed by atoms with van der Waals surface area (Å²) in [7, 11) is 1.40. The zero-order valence-electron chi connectivity index (χ0n) is 14.4. The number of benzene rings is 1. The number of amides is 1. The van der Waals surface area contributed by atoms with Crippen LogP contribution in [0.1, 0.15) is 18.4 Å². The van der Waals surface area contributed by atoms with Gasteiger partial charge >= 0.3 is 0 Å². The first-order valence-electron chi connectivity index (χ1n) is 7.73. The van der Waals surface area contributed by atoms with Gasteiger partial charge in [0.15, 0.2) is 11.5 Å². The number of carbonyl (C=O) groups is 1. The third-order valence-electron chi connectivity index (χ3n) is 3.23. The highest BCUT2D eigenvalue weighted by Gasteiger charge is 2.15. The van der Waals surface area contributed by atoms with Crippen molar-refractivity contribution in [2.75, 3.05) is 20.3 Å². The molecule has 0 radical (unpaired) electrons. The maximum absolute atomic E-state index is 11.7. The van der Waals surface area contributed by atoms with Crippen molar-refractivity contribution < 1.29 is 34.5 Å². The molecule has 12 nitrogen and oxygen atoms in total. The van der Waals surface area contributed by atoms with Crippen molar-refractivity contribution in [3.8, 4) is 11.5 Å². The summed E-state index contributed by atoms with van der Waals surface area (Å²) >= 11 is 0. The highest BCUT2D eigenvalue weighted by atomic mass is 17.0. The second kappa shape index (κ2) is 11.1. The Kier molecular flexibility index (Phi) is 8.85. The first-order chi connectivity index (χ1) is 12.8. The zero-order chi connectivity index (χ0) is 20.2. The third kappa shape index (κ3) is 8.90. The lowest BCUT2D eigenvalue weighted by Gasteiger charge is -2.13. The van der Waals surface area contributed by atoms with Crippen LogP contribution in [0, 0.1) is 20.2 Å². The van der Waals surface area contributed by atoms with Crippen LogP contribution in [0.5, 0.6) is 11.5 Å². The maximum atomic E-state index is 11.7. The van der Waals surface area contributed by atoms with Crippen molar-refractivity contribution in [2.45, 2.75) is 18.9 Å². The molecule has 0 fully saturated rings. The van der Waals surface area contributed by atoms with E-state index in [4.69, 9.17) is 4.74 Å². The number of hydrogen-bond acceptors (Lipinski definition) is 9. The molecular weight excluding hydrogens is 366 g/mol. The first-order valence-corrected chi connectivity index (χ1v) is 7.73. The second-order valence-electron chi connectivity index (χ2n) is 5.17. The van der Waals surface area contributed by atoms with E-state index in [2.05, 4.69) is 15.0 Å². The summed E-state index contributed by atoms with van der Waals surface area (Å²) < 4.78 is 4.96. The number of phenolic OH excluding ortho intramolecular Hbond substituents is 1. The van der Waals surface area contributed by atoms with Crippen LogP contribution in [0.25, 0.3) is 6.08 Å². The molecule has 12 heteroatoms. The highest BCUT2D eigenvalue weighted by molar-refractivity contribution is 5.91. The summed E-state index contributed by atoms with van der Waals surface area (Å²) in [6.45, 7) is -0.400. The number of hydrogen-bond donors (Lipinski definition) is 2. The minimum atomic E-state index is -1.11. The van der Waals surface area contributed by atoms with Crippen molar-refractivity contribution in [3.05, 3.63) is 50.1 Å². The zero-order valence-corrected chi connectivity index (χ0v) is 14.4. The van der Waals surface area contributed by atoms with Crippen LogP contribution in [-0.2, 0) is 14.5 Å². The smallest absolute Gasteiger partial charge is 0.294 e. The molecule has 1 amide bonds. The molecule has 1 rings (SSSR count). The lowest BCUT2D eigenvalue weighted by atomic mass is 10.2. The Morgan fingerprint density at radius 1 is 1.33 bits per heavy atom. The van der Waals surface area contributed by atoms with E-state index in [1.54, 1.807) is 12.1 Å². The van der Waals surface area contributed by atoms with E-state index in [0.717, 1.165) is 0 Å². The van der Waals surface area contributed by atoms with E-state index in [9.17, 15) is 30.1 Å². The summed E-state index contributed by atoms with van der Waals surface area (Å²) in [6, 6.07) is 4.57. The fraction of sp³-hybridized carbons (Fsp3) is 0.400. The van der Waals surface area contributed by atoms with Gasteiger partial charge in [-0.2, -0.15) is 0 Å². The van der Waals surface area contributed by atoms with Crippen LogP contribution in [0.15, 0.2) is 24.3 Å². The molecule has 0 aliphatic heterocycles. The number of carbonyl (C=O) groups excluding carboxylic acids is 1. The molecule has 0 spiro atoms. The van der Waals surface area contributed by atoms with Crippen molar-refractivity contribution in [1.82, 2.24) is 5.32 Å². The molecule has 1 atom stereocenters. The summed E-state index contributed by atoms with van der Waals surface area (Å²) in [5, 5.41) is 30.4. The maximum Gasteiger partial charge on any atom is 0.294 e. The molecule has 0 saturated carbocycles. The van der Waals surface area contributed by atoms with Gasteiger partial charge in [0.2, 0.25) is 5.91 Å². The van der Waals surface area contributed by atoms with Gasteiger partial charge in [0.05, 0.1) is 7.11 Å². The van der Waals surface area contributed by atoms with E-state index in [1.165, 1.54) is 25.3 Å². The number of rotatable bonds is 12. The molecule has 1 unspecified atom stereocenters. The Morgan fingerprint density at radius 2 is 2.07 bits per heavy atom. The van der Waals surface area contributed by atoms with E-state index in [-0.39, 0.29) is 30.9 Å². The third-order valence-corrected chi connectivity index (χ3v) is 3.23. The molecule has 1 aromatic carbocycles. The van der Waals surface area contributed by atoms with Crippen LogP contribution in [0.2, 0.25) is 0 Å². The number of phenols is 1. The van der Waals surface area contributed by atoms with Gasteiger partial charge in [0.25, 0.3) is 10.2 Å². The molecular formula is C15H19N3O9. The molecule has 148 valence electrons. The highest BCUT2D eigenvalue weighted by Crippen LogP contribution is 2.26.